The number of halogens is 1. The Morgan fingerprint density at radius 1 is 1.20 bits per heavy atom. The molecule has 2 aliphatic rings. The van der Waals surface area contributed by atoms with Crippen molar-refractivity contribution in [3.8, 4) is 11.5 Å². The first-order valence-electron chi connectivity index (χ1n) is 10.6. The van der Waals surface area contributed by atoms with E-state index in [9.17, 15) is 0 Å². The molecule has 30 heavy (non-hydrogen) atoms. The van der Waals surface area contributed by atoms with Gasteiger partial charge in [-0.15, -0.1) is 24.0 Å². The lowest BCUT2D eigenvalue weighted by molar-refractivity contribution is 0.0195. The summed E-state index contributed by atoms with van der Waals surface area (Å²) >= 11 is 0. The van der Waals surface area contributed by atoms with Gasteiger partial charge in [-0.05, 0) is 32.4 Å². The molecule has 3 heterocycles. The maximum Gasteiger partial charge on any atom is 0.226 e. The van der Waals surface area contributed by atoms with E-state index >= 15 is 0 Å². The van der Waals surface area contributed by atoms with Crippen LogP contribution in [0, 0.1) is 6.92 Å². The van der Waals surface area contributed by atoms with Gasteiger partial charge in [0.15, 0.2) is 5.96 Å². The van der Waals surface area contributed by atoms with Gasteiger partial charge in [-0.25, -0.2) is 9.98 Å². The summed E-state index contributed by atoms with van der Waals surface area (Å²) in [4.78, 5) is 14.4. The van der Waals surface area contributed by atoms with Gasteiger partial charge in [0.1, 0.15) is 12.0 Å². The van der Waals surface area contributed by atoms with Crippen LogP contribution in [0.4, 0.5) is 0 Å². The Labute approximate surface area is 195 Å². The van der Waals surface area contributed by atoms with Gasteiger partial charge >= 0.3 is 0 Å². The normalized spacial score (nSPS) is 20.3. The van der Waals surface area contributed by atoms with E-state index in [4.69, 9.17) is 14.1 Å². The SMILES string of the molecule is CCNC(=NCc1coc(-c2ccc(C)cc2)n1)N1CCC(N2CCOCC2)C1.I. The first-order valence-corrected chi connectivity index (χ1v) is 10.6. The van der Waals surface area contributed by atoms with Crippen LogP contribution in [-0.4, -0.2) is 72.7 Å². The van der Waals surface area contributed by atoms with Crippen LogP contribution in [0.25, 0.3) is 11.5 Å². The highest BCUT2D eigenvalue weighted by Crippen LogP contribution is 2.20. The summed E-state index contributed by atoms with van der Waals surface area (Å²) in [6.45, 7) is 11.3. The van der Waals surface area contributed by atoms with Gasteiger partial charge in [-0.2, -0.15) is 0 Å². The summed E-state index contributed by atoms with van der Waals surface area (Å²) in [6, 6.07) is 8.79. The van der Waals surface area contributed by atoms with E-state index in [1.807, 2.05) is 12.1 Å². The number of oxazole rings is 1. The van der Waals surface area contributed by atoms with Gasteiger partial charge in [0.2, 0.25) is 5.89 Å². The second-order valence-corrected chi connectivity index (χ2v) is 7.72. The Morgan fingerprint density at radius 3 is 2.70 bits per heavy atom. The lowest BCUT2D eigenvalue weighted by atomic mass is 10.1. The number of hydrogen-bond acceptors (Lipinski definition) is 5. The number of aromatic nitrogens is 1. The Hall–Kier alpha value is -1.65. The summed E-state index contributed by atoms with van der Waals surface area (Å²) in [5.41, 5.74) is 3.06. The number of rotatable bonds is 5. The van der Waals surface area contributed by atoms with Gasteiger partial charge in [-0.3, -0.25) is 4.90 Å². The van der Waals surface area contributed by atoms with Crippen molar-refractivity contribution < 1.29 is 9.15 Å². The van der Waals surface area contributed by atoms with E-state index in [-0.39, 0.29) is 24.0 Å². The fourth-order valence-electron chi connectivity index (χ4n) is 3.96. The molecule has 164 valence electrons. The van der Waals surface area contributed by atoms with Crippen LogP contribution in [0.1, 0.15) is 24.6 Å². The van der Waals surface area contributed by atoms with Crippen LogP contribution in [0.15, 0.2) is 39.9 Å². The highest BCUT2D eigenvalue weighted by atomic mass is 127. The standard InChI is InChI=1S/C22H31N5O2.HI/c1-3-23-22(27-9-8-20(15-27)26-10-12-28-13-11-26)24-14-19-16-29-21(25-19)18-6-4-17(2)5-7-18;/h4-7,16,20H,3,8-15H2,1-2H3,(H,23,24);1H. The lowest BCUT2D eigenvalue weighted by Gasteiger charge is -2.32. The fraction of sp³-hybridized carbons (Fsp3) is 0.545. The average Bonchev–Trinajstić information content (AvgIpc) is 3.42. The number of aryl methyl sites for hydroxylation is 1. The number of benzene rings is 1. The molecule has 0 bridgehead atoms. The van der Waals surface area contributed by atoms with Crippen molar-refractivity contribution in [3.05, 3.63) is 41.8 Å². The topological polar surface area (TPSA) is 66.1 Å². The number of aliphatic imine (C=N–C) groups is 1. The van der Waals surface area contributed by atoms with Crippen LogP contribution in [0.2, 0.25) is 0 Å². The van der Waals surface area contributed by atoms with E-state index < -0.39 is 0 Å². The van der Waals surface area contributed by atoms with E-state index in [2.05, 4.69) is 46.1 Å². The van der Waals surface area contributed by atoms with Crippen LogP contribution in [-0.2, 0) is 11.3 Å². The zero-order valence-corrected chi connectivity index (χ0v) is 20.2. The van der Waals surface area contributed by atoms with Gasteiger partial charge in [0.05, 0.1) is 19.8 Å². The quantitative estimate of drug-likeness (QED) is 0.368. The van der Waals surface area contributed by atoms with E-state index in [1.54, 1.807) is 6.26 Å². The number of morpholine rings is 1. The molecule has 0 radical (unpaired) electrons. The monoisotopic (exact) mass is 525 g/mol. The average molecular weight is 525 g/mol. The van der Waals surface area contributed by atoms with Crippen LogP contribution in [0.5, 0.6) is 0 Å². The van der Waals surface area contributed by atoms with Crippen LogP contribution < -0.4 is 5.32 Å². The molecule has 2 aromatic rings. The molecule has 1 unspecified atom stereocenters. The predicted octanol–water partition coefficient (Wildman–Crippen LogP) is 3.14. The summed E-state index contributed by atoms with van der Waals surface area (Å²) in [5, 5.41) is 3.44. The third-order valence-corrected chi connectivity index (χ3v) is 5.60. The molecule has 1 N–H and O–H groups in total. The summed E-state index contributed by atoms with van der Waals surface area (Å²) < 4.78 is 11.2. The minimum Gasteiger partial charge on any atom is -0.444 e. The molecule has 8 heteroatoms. The molecule has 0 spiro atoms. The van der Waals surface area contributed by atoms with E-state index in [0.29, 0.717) is 18.5 Å². The van der Waals surface area contributed by atoms with Crippen molar-refractivity contribution >= 4 is 29.9 Å². The van der Waals surface area contributed by atoms with Crippen molar-refractivity contribution in [1.82, 2.24) is 20.1 Å². The summed E-state index contributed by atoms with van der Waals surface area (Å²) in [7, 11) is 0. The Morgan fingerprint density at radius 2 is 1.97 bits per heavy atom. The van der Waals surface area contributed by atoms with Gasteiger partial charge in [0.25, 0.3) is 0 Å². The molecule has 0 saturated carbocycles. The second-order valence-electron chi connectivity index (χ2n) is 7.72. The summed E-state index contributed by atoms with van der Waals surface area (Å²) in [6.07, 6.45) is 2.88. The summed E-state index contributed by atoms with van der Waals surface area (Å²) in [5.74, 6) is 1.61. The zero-order chi connectivity index (χ0) is 20.1. The Balaban J connectivity index is 0.00000256. The Bertz CT molecular complexity index is 817. The first-order chi connectivity index (χ1) is 14.2. The molecule has 2 fully saturated rings. The van der Waals surface area contributed by atoms with Gasteiger partial charge < -0.3 is 19.4 Å². The van der Waals surface area contributed by atoms with Gasteiger partial charge in [0, 0.05) is 44.3 Å². The molecule has 2 saturated heterocycles. The molecule has 0 aliphatic carbocycles. The molecular formula is C22H32IN5O2. The Kier molecular flexibility index (Phi) is 8.52. The first kappa shape index (κ1) is 23.0. The molecule has 7 nitrogen and oxygen atoms in total. The molecule has 1 atom stereocenters. The van der Waals surface area contributed by atoms with Crippen molar-refractivity contribution in [1.29, 1.82) is 0 Å². The van der Waals surface area contributed by atoms with Crippen LogP contribution in [0.3, 0.4) is 0 Å². The van der Waals surface area contributed by atoms with Crippen molar-refractivity contribution in [2.45, 2.75) is 32.9 Å². The molecule has 2 aliphatic heterocycles. The third-order valence-electron chi connectivity index (χ3n) is 5.60. The zero-order valence-electron chi connectivity index (χ0n) is 17.8. The molecule has 0 amide bonds. The van der Waals surface area contributed by atoms with Gasteiger partial charge in [-0.1, -0.05) is 17.7 Å². The van der Waals surface area contributed by atoms with Crippen molar-refractivity contribution in [2.24, 2.45) is 4.99 Å². The largest absolute Gasteiger partial charge is 0.444 e. The maximum atomic E-state index is 5.67. The molecule has 1 aromatic carbocycles. The second kappa shape index (κ2) is 11.1. The maximum absolute atomic E-state index is 5.67. The fourth-order valence-corrected chi connectivity index (χ4v) is 3.96. The smallest absolute Gasteiger partial charge is 0.226 e. The van der Waals surface area contributed by atoms with E-state index in [1.165, 1.54) is 12.0 Å². The number of guanidine groups is 1. The minimum atomic E-state index is 0. The molecule has 4 rings (SSSR count). The number of ether oxygens (including phenoxy) is 1. The van der Waals surface area contributed by atoms with Crippen LogP contribution >= 0.6 is 24.0 Å². The van der Waals surface area contributed by atoms with Crippen molar-refractivity contribution in [3.63, 3.8) is 0 Å². The third kappa shape index (κ3) is 5.73. The number of likely N-dealkylation sites (tertiary alicyclic amines) is 1. The molecular weight excluding hydrogens is 493 g/mol. The number of nitrogens with zero attached hydrogens (tertiary/aromatic N) is 4. The number of nitrogens with one attached hydrogen (secondary N) is 1. The highest BCUT2D eigenvalue weighted by molar-refractivity contribution is 14.0. The lowest BCUT2D eigenvalue weighted by Crippen LogP contribution is -2.46. The minimum absolute atomic E-state index is 0. The van der Waals surface area contributed by atoms with E-state index in [0.717, 1.165) is 63.2 Å². The van der Waals surface area contributed by atoms with Crippen molar-refractivity contribution in [2.75, 3.05) is 45.9 Å². The molecule has 1 aromatic heterocycles. The number of hydrogen-bond donors (Lipinski definition) is 1. The highest BCUT2D eigenvalue weighted by Gasteiger charge is 2.30. The predicted molar refractivity (Wildman–Crippen MR) is 129 cm³/mol.